The lowest BCUT2D eigenvalue weighted by Crippen LogP contribution is -2.12. The van der Waals surface area contributed by atoms with Crippen molar-refractivity contribution < 1.29 is 4.79 Å². The minimum Gasteiger partial charge on any atom is -0.366 e. The Balaban J connectivity index is 0.00000112. The lowest BCUT2D eigenvalue weighted by atomic mass is 10.1. The standard InChI is InChI=1S/C15H14N2O2.C2H6.C2H4/c1-3-9-5-6-13-12(14(18)11(9)4-2)7-10(8-17-13)15(16)19;2*1-2/h4-8H,2-3H2,1H3,(H2,16,19);1-2H3;1-2H2. The van der Waals surface area contributed by atoms with Gasteiger partial charge in [-0.2, -0.15) is 0 Å². The molecule has 2 aromatic rings. The third-order valence-electron chi connectivity index (χ3n) is 3.07. The molecule has 1 aromatic heterocycles. The Kier molecular flexibility index (Phi) is 8.85. The fraction of sp³-hybridized carbons (Fsp3) is 0.211. The Morgan fingerprint density at radius 3 is 2.39 bits per heavy atom. The zero-order chi connectivity index (χ0) is 18.0. The summed E-state index contributed by atoms with van der Waals surface area (Å²) in [5, 5.41) is 0.380. The zero-order valence-corrected chi connectivity index (χ0v) is 14.1. The van der Waals surface area contributed by atoms with Gasteiger partial charge in [-0.25, -0.2) is 0 Å². The maximum Gasteiger partial charge on any atom is 0.250 e. The molecule has 2 rings (SSSR count). The van der Waals surface area contributed by atoms with Crippen molar-refractivity contribution in [3.63, 3.8) is 0 Å². The van der Waals surface area contributed by atoms with Crippen LogP contribution in [0.25, 0.3) is 17.0 Å². The van der Waals surface area contributed by atoms with Crippen LogP contribution in [0.4, 0.5) is 0 Å². The molecule has 0 aliphatic heterocycles. The summed E-state index contributed by atoms with van der Waals surface area (Å²) < 4.78 is 0. The summed E-state index contributed by atoms with van der Waals surface area (Å²) in [4.78, 5) is 27.7. The number of hydrogen-bond acceptors (Lipinski definition) is 3. The first-order chi connectivity index (χ1) is 11.1. The van der Waals surface area contributed by atoms with Gasteiger partial charge in [0.1, 0.15) is 0 Å². The average molecular weight is 312 g/mol. The number of carbonyl (C=O) groups is 1. The molecule has 4 heteroatoms. The highest BCUT2D eigenvalue weighted by Crippen LogP contribution is 2.13. The largest absolute Gasteiger partial charge is 0.366 e. The van der Waals surface area contributed by atoms with E-state index in [0.717, 1.165) is 12.0 Å². The van der Waals surface area contributed by atoms with Crippen LogP contribution in [0.15, 0.2) is 48.9 Å². The second-order valence-corrected chi connectivity index (χ2v) is 4.18. The van der Waals surface area contributed by atoms with E-state index >= 15 is 0 Å². The number of fused-ring (bicyclic) bond motifs is 1. The highest BCUT2D eigenvalue weighted by Gasteiger charge is 2.08. The van der Waals surface area contributed by atoms with Gasteiger partial charge in [-0.15, -0.1) is 13.2 Å². The molecular weight excluding hydrogens is 288 g/mol. The number of nitrogens with zero attached hydrogens (tertiary/aromatic N) is 1. The van der Waals surface area contributed by atoms with Gasteiger partial charge in [0.25, 0.3) is 0 Å². The van der Waals surface area contributed by atoms with Crippen molar-refractivity contribution in [3.05, 3.63) is 71.0 Å². The van der Waals surface area contributed by atoms with Crippen LogP contribution in [-0.4, -0.2) is 10.9 Å². The van der Waals surface area contributed by atoms with Gasteiger partial charge in [0.05, 0.1) is 11.1 Å². The van der Waals surface area contributed by atoms with Crippen LogP contribution in [-0.2, 0) is 6.42 Å². The van der Waals surface area contributed by atoms with E-state index in [1.54, 1.807) is 6.07 Å². The average Bonchev–Trinajstić information content (AvgIpc) is 2.74. The summed E-state index contributed by atoms with van der Waals surface area (Å²) in [6, 6.07) is 5.12. The molecule has 1 aromatic carbocycles. The number of nitrogens with two attached hydrogens (primary N) is 1. The Labute approximate surface area is 137 Å². The third kappa shape index (κ3) is 4.61. The molecule has 0 bridgehead atoms. The molecule has 0 saturated carbocycles. The van der Waals surface area contributed by atoms with Crippen LogP contribution in [0.5, 0.6) is 0 Å². The van der Waals surface area contributed by atoms with Crippen molar-refractivity contribution in [1.29, 1.82) is 0 Å². The minimum absolute atomic E-state index is 0.178. The summed E-state index contributed by atoms with van der Waals surface area (Å²) in [6.07, 6.45) is 3.64. The Hall–Kier alpha value is -2.75. The van der Waals surface area contributed by atoms with Crippen LogP contribution in [0.3, 0.4) is 0 Å². The second-order valence-electron chi connectivity index (χ2n) is 4.18. The first kappa shape index (κ1) is 20.2. The Bertz CT molecular complexity index is 752. The Morgan fingerprint density at radius 2 is 1.91 bits per heavy atom. The first-order valence-electron chi connectivity index (χ1n) is 7.46. The van der Waals surface area contributed by atoms with E-state index in [2.05, 4.69) is 24.7 Å². The van der Waals surface area contributed by atoms with Crippen molar-refractivity contribution in [2.75, 3.05) is 0 Å². The molecule has 0 aliphatic carbocycles. The normalized spacial score (nSPS) is 9.00. The summed E-state index contributed by atoms with van der Waals surface area (Å²) in [5.41, 5.74) is 7.24. The maximum absolute atomic E-state index is 12.5. The topological polar surface area (TPSA) is 73.0 Å². The molecule has 1 heterocycles. The van der Waals surface area contributed by atoms with E-state index in [-0.39, 0.29) is 11.0 Å². The van der Waals surface area contributed by atoms with Crippen molar-refractivity contribution in [2.24, 2.45) is 5.73 Å². The van der Waals surface area contributed by atoms with Crippen molar-refractivity contribution in [2.45, 2.75) is 27.2 Å². The van der Waals surface area contributed by atoms with E-state index in [1.807, 2.05) is 26.8 Å². The van der Waals surface area contributed by atoms with Crippen LogP contribution in [0, 0.1) is 0 Å². The van der Waals surface area contributed by atoms with Gasteiger partial charge < -0.3 is 5.73 Å². The molecule has 2 N–H and O–H groups in total. The smallest absolute Gasteiger partial charge is 0.250 e. The predicted octanol–water partition coefficient (Wildman–Crippen LogP) is 3.73. The van der Waals surface area contributed by atoms with Gasteiger partial charge in [-0.05, 0) is 24.1 Å². The number of amides is 1. The van der Waals surface area contributed by atoms with Gasteiger partial charge in [0, 0.05) is 17.1 Å². The molecule has 0 atom stereocenters. The molecular formula is C19H24N2O2. The first-order valence-corrected chi connectivity index (χ1v) is 7.46. The van der Waals surface area contributed by atoms with Crippen LogP contribution in [0.1, 0.15) is 42.3 Å². The van der Waals surface area contributed by atoms with Crippen LogP contribution >= 0.6 is 0 Å². The zero-order valence-electron chi connectivity index (χ0n) is 14.1. The Morgan fingerprint density at radius 1 is 1.30 bits per heavy atom. The second kappa shape index (κ2) is 10.1. The van der Waals surface area contributed by atoms with Crippen molar-refractivity contribution in [1.82, 2.24) is 4.98 Å². The van der Waals surface area contributed by atoms with Gasteiger partial charge in [0.2, 0.25) is 5.91 Å². The number of rotatable bonds is 3. The summed E-state index contributed by atoms with van der Waals surface area (Å²) in [5.74, 6) is -0.601. The predicted molar refractivity (Wildman–Crippen MR) is 98.6 cm³/mol. The monoisotopic (exact) mass is 312 g/mol. The summed E-state index contributed by atoms with van der Waals surface area (Å²) in [6.45, 7) is 15.6. The lowest BCUT2D eigenvalue weighted by molar-refractivity contribution is 0.1000. The van der Waals surface area contributed by atoms with E-state index < -0.39 is 5.91 Å². The molecule has 0 fully saturated rings. The quantitative estimate of drug-likeness (QED) is 0.878. The van der Waals surface area contributed by atoms with Gasteiger partial charge in [-0.3, -0.25) is 14.6 Å². The highest BCUT2D eigenvalue weighted by atomic mass is 16.1. The van der Waals surface area contributed by atoms with Crippen molar-refractivity contribution in [3.8, 4) is 0 Å². The van der Waals surface area contributed by atoms with Gasteiger partial charge >= 0.3 is 0 Å². The molecule has 23 heavy (non-hydrogen) atoms. The molecule has 0 radical (unpaired) electrons. The molecule has 0 aliphatic rings. The number of carbonyl (C=O) groups excluding carboxylic acids is 1. The molecule has 0 unspecified atom stereocenters. The number of aryl methyl sites for hydroxylation is 1. The lowest BCUT2D eigenvalue weighted by Gasteiger charge is -1.97. The van der Waals surface area contributed by atoms with Crippen LogP contribution in [0.2, 0.25) is 0 Å². The SMILES string of the molecule is C=C.C=Cc1c(CC)ccc2ncc(C(N)=O)cc2c1=O.CC. The summed E-state index contributed by atoms with van der Waals surface area (Å²) >= 11 is 0. The third-order valence-corrected chi connectivity index (χ3v) is 3.07. The fourth-order valence-electron chi connectivity index (χ4n) is 2.02. The maximum atomic E-state index is 12.5. The van der Waals surface area contributed by atoms with Crippen molar-refractivity contribution >= 4 is 22.9 Å². The number of primary amides is 1. The number of pyridine rings is 1. The minimum atomic E-state index is -0.601. The number of hydrogen-bond donors (Lipinski definition) is 1. The van der Waals surface area contributed by atoms with E-state index in [4.69, 9.17) is 5.73 Å². The molecule has 122 valence electrons. The fourth-order valence-corrected chi connectivity index (χ4v) is 2.02. The molecule has 4 nitrogen and oxygen atoms in total. The van der Waals surface area contributed by atoms with E-state index in [0.29, 0.717) is 16.5 Å². The molecule has 0 saturated heterocycles. The number of aromatic nitrogens is 1. The molecule has 1 amide bonds. The highest BCUT2D eigenvalue weighted by molar-refractivity contribution is 5.96. The summed E-state index contributed by atoms with van der Waals surface area (Å²) in [7, 11) is 0. The van der Waals surface area contributed by atoms with Gasteiger partial charge in [0.15, 0.2) is 5.43 Å². The van der Waals surface area contributed by atoms with E-state index in [9.17, 15) is 9.59 Å². The molecule has 0 spiro atoms. The van der Waals surface area contributed by atoms with Gasteiger partial charge in [-0.1, -0.05) is 39.5 Å². The van der Waals surface area contributed by atoms with Crippen LogP contribution < -0.4 is 11.2 Å². The van der Waals surface area contributed by atoms with E-state index in [1.165, 1.54) is 18.3 Å².